The smallest absolute Gasteiger partial charge is 0.227 e. The van der Waals surface area contributed by atoms with E-state index in [0.717, 1.165) is 50.4 Å². The minimum Gasteiger partial charge on any atom is -0.367 e. The molecule has 4 nitrogen and oxygen atoms in total. The van der Waals surface area contributed by atoms with E-state index < -0.39 is 0 Å². The highest BCUT2D eigenvalue weighted by Gasteiger charge is 2.23. The van der Waals surface area contributed by atoms with Crippen LogP contribution in [0.5, 0.6) is 0 Å². The highest BCUT2D eigenvalue weighted by Crippen LogP contribution is 2.32. The number of carbonyl (C=O) groups is 1. The molecule has 1 saturated heterocycles. The summed E-state index contributed by atoms with van der Waals surface area (Å²) in [5, 5.41) is 3.82. The zero-order valence-electron chi connectivity index (χ0n) is 13.9. The van der Waals surface area contributed by atoms with Crippen molar-refractivity contribution in [3.63, 3.8) is 0 Å². The lowest BCUT2D eigenvalue weighted by atomic mass is 9.88. The Morgan fingerprint density at radius 2 is 1.83 bits per heavy atom. The summed E-state index contributed by atoms with van der Waals surface area (Å²) in [4.78, 5) is 17.3. The highest BCUT2D eigenvalue weighted by atomic mass is 35.5. The summed E-state index contributed by atoms with van der Waals surface area (Å²) in [6.45, 7) is 4.03. The van der Waals surface area contributed by atoms with Gasteiger partial charge in [0.25, 0.3) is 0 Å². The monoisotopic (exact) mass is 335 g/mol. The first kappa shape index (κ1) is 16.6. The molecule has 1 saturated carbocycles. The predicted molar refractivity (Wildman–Crippen MR) is 96.4 cm³/mol. The van der Waals surface area contributed by atoms with E-state index in [1.165, 1.54) is 19.3 Å². The van der Waals surface area contributed by atoms with Crippen LogP contribution in [0.2, 0.25) is 5.02 Å². The Kier molecular flexibility index (Phi) is 5.44. The molecule has 0 spiro atoms. The SMILES string of the molecule is CN1CCN(c2ccc(Cl)cc2NC(=O)C2CCCCC2)CC1. The van der Waals surface area contributed by atoms with Gasteiger partial charge in [-0.3, -0.25) is 4.79 Å². The number of benzene rings is 1. The molecule has 0 aromatic heterocycles. The topological polar surface area (TPSA) is 35.6 Å². The van der Waals surface area contributed by atoms with Crippen molar-refractivity contribution in [2.75, 3.05) is 43.4 Å². The molecule has 2 aliphatic rings. The maximum atomic E-state index is 12.6. The molecule has 0 bridgehead atoms. The zero-order chi connectivity index (χ0) is 16.2. The molecule has 23 heavy (non-hydrogen) atoms. The van der Waals surface area contributed by atoms with Gasteiger partial charge in [0.1, 0.15) is 0 Å². The lowest BCUT2D eigenvalue weighted by Crippen LogP contribution is -2.44. The average Bonchev–Trinajstić information content (AvgIpc) is 2.57. The molecule has 1 heterocycles. The zero-order valence-corrected chi connectivity index (χ0v) is 14.6. The van der Waals surface area contributed by atoms with E-state index in [1.807, 2.05) is 18.2 Å². The third-order valence-corrected chi connectivity index (χ3v) is 5.27. The molecule has 0 radical (unpaired) electrons. The number of nitrogens with zero attached hydrogens (tertiary/aromatic N) is 2. The van der Waals surface area contributed by atoms with Gasteiger partial charge in [-0.2, -0.15) is 0 Å². The Morgan fingerprint density at radius 1 is 1.13 bits per heavy atom. The number of halogens is 1. The molecule has 0 atom stereocenters. The number of nitrogens with one attached hydrogen (secondary N) is 1. The first-order valence-corrected chi connectivity index (χ1v) is 9.05. The maximum absolute atomic E-state index is 12.6. The maximum Gasteiger partial charge on any atom is 0.227 e. The average molecular weight is 336 g/mol. The van der Waals surface area contributed by atoms with Gasteiger partial charge < -0.3 is 15.1 Å². The van der Waals surface area contributed by atoms with Crippen molar-refractivity contribution < 1.29 is 4.79 Å². The highest BCUT2D eigenvalue weighted by molar-refractivity contribution is 6.31. The minimum absolute atomic E-state index is 0.155. The molecule has 1 aromatic rings. The second-order valence-electron chi connectivity index (χ2n) is 6.78. The summed E-state index contributed by atoms with van der Waals surface area (Å²) in [6, 6.07) is 5.82. The van der Waals surface area contributed by atoms with Crippen molar-refractivity contribution in [3.8, 4) is 0 Å². The van der Waals surface area contributed by atoms with Crippen LogP contribution in [0.3, 0.4) is 0 Å². The van der Waals surface area contributed by atoms with Gasteiger partial charge >= 0.3 is 0 Å². The van der Waals surface area contributed by atoms with Crippen molar-refractivity contribution in [3.05, 3.63) is 23.2 Å². The molecule has 0 unspecified atom stereocenters. The number of carbonyl (C=O) groups excluding carboxylic acids is 1. The summed E-state index contributed by atoms with van der Waals surface area (Å²) >= 11 is 6.17. The second kappa shape index (κ2) is 7.54. The molecule has 1 amide bonds. The van der Waals surface area contributed by atoms with Crippen LogP contribution in [0.25, 0.3) is 0 Å². The summed E-state index contributed by atoms with van der Waals surface area (Å²) < 4.78 is 0. The molecule has 5 heteroatoms. The van der Waals surface area contributed by atoms with Crippen molar-refractivity contribution in [1.82, 2.24) is 4.90 Å². The van der Waals surface area contributed by atoms with Crippen molar-refractivity contribution >= 4 is 28.9 Å². The Bertz CT molecular complexity index is 549. The summed E-state index contributed by atoms with van der Waals surface area (Å²) in [5.74, 6) is 0.311. The first-order chi connectivity index (χ1) is 11.1. The van der Waals surface area contributed by atoms with E-state index in [9.17, 15) is 4.79 Å². The van der Waals surface area contributed by atoms with E-state index in [1.54, 1.807) is 0 Å². The van der Waals surface area contributed by atoms with Crippen molar-refractivity contribution in [1.29, 1.82) is 0 Å². The van der Waals surface area contributed by atoms with E-state index in [-0.39, 0.29) is 11.8 Å². The van der Waals surface area contributed by atoms with Gasteiger partial charge in [-0.25, -0.2) is 0 Å². The molecule has 3 rings (SSSR count). The van der Waals surface area contributed by atoms with Gasteiger partial charge in [0.05, 0.1) is 11.4 Å². The number of piperazine rings is 1. The predicted octanol–water partition coefficient (Wildman–Crippen LogP) is 3.61. The van der Waals surface area contributed by atoms with Crippen LogP contribution in [-0.4, -0.2) is 44.0 Å². The fourth-order valence-electron chi connectivity index (χ4n) is 3.53. The van der Waals surface area contributed by atoms with E-state index >= 15 is 0 Å². The second-order valence-corrected chi connectivity index (χ2v) is 7.21. The third-order valence-electron chi connectivity index (χ3n) is 5.04. The van der Waals surface area contributed by atoms with E-state index in [2.05, 4.69) is 22.2 Å². The van der Waals surface area contributed by atoms with Crippen LogP contribution in [-0.2, 0) is 4.79 Å². The van der Waals surface area contributed by atoms with E-state index in [4.69, 9.17) is 11.6 Å². The summed E-state index contributed by atoms with van der Waals surface area (Å²) in [5.41, 5.74) is 1.95. The molecule has 1 N–H and O–H groups in total. The molecular weight excluding hydrogens is 310 g/mol. The molecule has 2 fully saturated rings. The lowest BCUT2D eigenvalue weighted by molar-refractivity contribution is -0.120. The molecule has 126 valence electrons. The van der Waals surface area contributed by atoms with Crippen LogP contribution in [0.15, 0.2) is 18.2 Å². The summed E-state index contributed by atoms with van der Waals surface area (Å²) in [7, 11) is 2.14. The lowest BCUT2D eigenvalue weighted by Gasteiger charge is -2.35. The number of amides is 1. The summed E-state index contributed by atoms with van der Waals surface area (Å²) in [6.07, 6.45) is 5.61. The Balaban J connectivity index is 1.74. The number of anilines is 2. The van der Waals surface area contributed by atoms with Gasteiger partial charge in [0.2, 0.25) is 5.91 Å². The van der Waals surface area contributed by atoms with Crippen molar-refractivity contribution in [2.24, 2.45) is 5.92 Å². The van der Waals surface area contributed by atoms with Gasteiger partial charge in [-0.15, -0.1) is 0 Å². The Labute approximate surface area is 143 Å². The standard InChI is InChI=1S/C18H26ClN3O/c1-21-9-11-22(12-10-21)17-8-7-15(19)13-16(17)20-18(23)14-5-3-2-4-6-14/h7-8,13-14H,2-6,9-12H2,1H3,(H,20,23). The molecular formula is C18H26ClN3O. The number of hydrogen-bond acceptors (Lipinski definition) is 3. The largest absolute Gasteiger partial charge is 0.367 e. The van der Waals surface area contributed by atoms with Crippen LogP contribution in [0.1, 0.15) is 32.1 Å². The van der Waals surface area contributed by atoms with Gasteiger partial charge in [0.15, 0.2) is 0 Å². The molecule has 1 aliphatic heterocycles. The normalized spacial score (nSPS) is 20.5. The van der Waals surface area contributed by atoms with Crippen molar-refractivity contribution in [2.45, 2.75) is 32.1 Å². The van der Waals surface area contributed by atoms with Crippen LogP contribution in [0.4, 0.5) is 11.4 Å². The van der Waals surface area contributed by atoms with Crippen LogP contribution < -0.4 is 10.2 Å². The fraction of sp³-hybridized carbons (Fsp3) is 0.611. The Hall–Kier alpha value is -1.26. The third kappa shape index (κ3) is 4.18. The molecule has 1 aromatic carbocycles. The van der Waals surface area contributed by atoms with Gasteiger partial charge in [-0.05, 0) is 38.1 Å². The number of likely N-dealkylation sites (N-methyl/N-ethyl adjacent to an activating group) is 1. The Morgan fingerprint density at radius 3 is 2.52 bits per heavy atom. The van der Waals surface area contributed by atoms with E-state index in [0.29, 0.717) is 5.02 Å². The number of hydrogen-bond donors (Lipinski definition) is 1. The first-order valence-electron chi connectivity index (χ1n) is 8.67. The molecule has 1 aliphatic carbocycles. The number of rotatable bonds is 3. The minimum atomic E-state index is 0.155. The van der Waals surface area contributed by atoms with Crippen LogP contribution in [0, 0.1) is 5.92 Å². The quantitative estimate of drug-likeness (QED) is 0.916. The van der Waals surface area contributed by atoms with Gasteiger partial charge in [0, 0.05) is 37.1 Å². The van der Waals surface area contributed by atoms with Gasteiger partial charge in [-0.1, -0.05) is 30.9 Å². The fourth-order valence-corrected chi connectivity index (χ4v) is 3.70. The van der Waals surface area contributed by atoms with Crippen LogP contribution >= 0.6 is 11.6 Å².